The van der Waals surface area contributed by atoms with Crippen LogP contribution in [-0.4, -0.2) is 85.8 Å². The Morgan fingerprint density at radius 2 is 1.52 bits per heavy atom. The normalized spacial score (nSPS) is 24.1. The molecule has 8 nitrogen and oxygen atoms in total. The monoisotopic (exact) mass is 319 g/mol. The van der Waals surface area contributed by atoms with Crippen LogP contribution < -0.4 is 5.73 Å². The average Bonchev–Trinajstić information content (AvgIpc) is 2.48. The molecule has 0 aromatic heterocycles. The van der Waals surface area contributed by atoms with Crippen molar-refractivity contribution in [2.24, 2.45) is 5.73 Å². The van der Waals surface area contributed by atoms with Crippen molar-refractivity contribution in [3.63, 3.8) is 0 Å². The lowest BCUT2D eigenvalue weighted by Gasteiger charge is -2.43. The summed E-state index contributed by atoms with van der Waals surface area (Å²) < 4.78 is 33.3. The molecule has 2 saturated heterocycles. The SMILES string of the molecule is CC(C)(C(=N)N)N1CCN(S(=O)(=O)N2CCOCC2)CC1. The summed E-state index contributed by atoms with van der Waals surface area (Å²) in [5.41, 5.74) is 5.09. The van der Waals surface area contributed by atoms with E-state index in [2.05, 4.69) is 4.90 Å². The van der Waals surface area contributed by atoms with Crippen molar-refractivity contribution in [2.75, 3.05) is 52.5 Å². The number of amidine groups is 1. The molecule has 0 bridgehead atoms. The molecule has 0 aliphatic carbocycles. The van der Waals surface area contributed by atoms with Crippen LogP contribution in [0.1, 0.15) is 13.8 Å². The van der Waals surface area contributed by atoms with Gasteiger partial charge in [-0.15, -0.1) is 0 Å². The lowest BCUT2D eigenvalue weighted by atomic mass is 10.0. The van der Waals surface area contributed by atoms with Gasteiger partial charge in [-0.2, -0.15) is 17.0 Å². The number of hydrogen-bond donors (Lipinski definition) is 2. The second kappa shape index (κ2) is 6.17. The summed E-state index contributed by atoms with van der Waals surface area (Å²) in [6, 6.07) is 0. The number of piperazine rings is 1. The predicted octanol–water partition coefficient (Wildman–Crippen LogP) is -1.10. The lowest BCUT2D eigenvalue weighted by molar-refractivity contribution is 0.0664. The van der Waals surface area contributed by atoms with Gasteiger partial charge in [-0.1, -0.05) is 0 Å². The van der Waals surface area contributed by atoms with Gasteiger partial charge in [0, 0.05) is 39.3 Å². The van der Waals surface area contributed by atoms with E-state index < -0.39 is 15.7 Å². The molecule has 0 unspecified atom stereocenters. The summed E-state index contributed by atoms with van der Waals surface area (Å²) in [6.45, 7) is 7.54. The van der Waals surface area contributed by atoms with Crippen molar-refractivity contribution in [1.29, 1.82) is 5.41 Å². The molecular formula is C12H25N5O3S. The molecule has 0 radical (unpaired) electrons. The van der Waals surface area contributed by atoms with Crippen molar-refractivity contribution in [1.82, 2.24) is 13.5 Å². The van der Waals surface area contributed by atoms with E-state index in [-0.39, 0.29) is 5.84 Å². The highest BCUT2D eigenvalue weighted by molar-refractivity contribution is 7.86. The number of rotatable bonds is 4. The highest BCUT2D eigenvalue weighted by Crippen LogP contribution is 2.20. The van der Waals surface area contributed by atoms with Crippen LogP contribution in [0.4, 0.5) is 0 Å². The first kappa shape index (κ1) is 16.6. The van der Waals surface area contributed by atoms with E-state index in [1.807, 2.05) is 13.8 Å². The molecule has 2 aliphatic heterocycles. The van der Waals surface area contributed by atoms with Gasteiger partial charge in [-0.3, -0.25) is 10.3 Å². The van der Waals surface area contributed by atoms with E-state index in [0.29, 0.717) is 52.5 Å². The summed E-state index contributed by atoms with van der Waals surface area (Å²) >= 11 is 0. The zero-order valence-electron chi connectivity index (χ0n) is 12.7. The number of hydrogen-bond acceptors (Lipinski definition) is 5. The molecular weight excluding hydrogens is 294 g/mol. The second-order valence-electron chi connectivity index (χ2n) is 5.88. The Bertz CT molecular complexity index is 479. The maximum atomic E-state index is 12.5. The van der Waals surface area contributed by atoms with Gasteiger partial charge in [0.2, 0.25) is 0 Å². The Labute approximate surface area is 126 Å². The van der Waals surface area contributed by atoms with Gasteiger partial charge < -0.3 is 10.5 Å². The first-order chi connectivity index (χ1) is 9.76. The quantitative estimate of drug-likeness (QED) is 0.505. The molecule has 122 valence electrons. The maximum Gasteiger partial charge on any atom is 0.282 e. The molecule has 2 heterocycles. The molecule has 2 rings (SSSR count). The number of nitrogens with two attached hydrogens (primary N) is 1. The fourth-order valence-corrected chi connectivity index (χ4v) is 4.15. The molecule has 9 heteroatoms. The first-order valence-corrected chi connectivity index (χ1v) is 8.58. The topological polar surface area (TPSA) is 103 Å². The second-order valence-corrected chi connectivity index (χ2v) is 7.81. The number of nitrogens with one attached hydrogen (secondary N) is 1. The molecule has 3 N–H and O–H groups in total. The van der Waals surface area contributed by atoms with E-state index in [0.717, 1.165) is 0 Å². The van der Waals surface area contributed by atoms with Crippen LogP contribution in [0, 0.1) is 5.41 Å². The zero-order chi connectivity index (χ0) is 15.7. The van der Waals surface area contributed by atoms with E-state index in [1.165, 1.54) is 8.61 Å². The summed E-state index contributed by atoms with van der Waals surface area (Å²) in [7, 11) is -3.40. The summed E-state index contributed by atoms with van der Waals surface area (Å²) in [4.78, 5) is 2.06. The molecule has 0 aromatic rings. The first-order valence-electron chi connectivity index (χ1n) is 7.19. The summed E-state index contributed by atoms with van der Waals surface area (Å²) in [5.74, 6) is 0.104. The fraction of sp³-hybridized carbons (Fsp3) is 0.917. The Kier molecular flexibility index (Phi) is 4.89. The third-order valence-corrected chi connectivity index (χ3v) is 6.35. The average molecular weight is 319 g/mol. The lowest BCUT2D eigenvalue weighted by Crippen LogP contribution is -2.61. The largest absolute Gasteiger partial charge is 0.386 e. The Balaban J connectivity index is 1.98. The van der Waals surface area contributed by atoms with Gasteiger partial charge >= 0.3 is 0 Å². The van der Waals surface area contributed by atoms with Crippen LogP contribution in [0.5, 0.6) is 0 Å². The van der Waals surface area contributed by atoms with Crippen LogP contribution in [0.25, 0.3) is 0 Å². The van der Waals surface area contributed by atoms with Gasteiger partial charge in [0.15, 0.2) is 0 Å². The molecule has 2 aliphatic rings. The third kappa shape index (κ3) is 3.37. The Morgan fingerprint density at radius 3 is 2.00 bits per heavy atom. The Morgan fingerprint density at radius 1 is 1.05 bits per heavy atom. The fourth-order valence-electron chi connectivity index (χ4n) is 2.59. The minimum absolute atomic E-state index is 0.104. The van der Waals surface area contributed by atoms with Crippen LogP contribution >= 0.6 is 0 Å². The highest BCUT2D eigenvalue weighted by Gasteiger charge is 2.37. The van der Waals surface area contributed by atoms with Crippen molar-refractivity contribution >= 4 is 16.0 Å². The van der Waals surface area contributed by atoms with E-state index in [9.17, 15) is 8.42 Å². The van der Waals surface area contributed by atoms with Crippen molar-refractivity contribution in [3.8, 4) is 0 Å². The number of morpholine rings is 1. The molecule has 0 amide bonds. The number of nitrogens with zero attached hydrogens (tertiary/aromatic N) is 3. The summed E-state index contributed by atoms with van der Waals surface area (Å²) in [6.07, 6.45) is 0. The van der Waals surface area contributed by atoms with E-state index in [1.54, 1.807) is 0 Å². The standard InChI is InChI=1S/C12H25N5O3S/c1-12(2,11(13)14)15-3-5-16(6-4-15)21(18,19)17-7-9-20-10-8-17/h3-10H2,1-2H3,(H3,13,14). The van der Waals surface area contributed by atoms with Gasteiger partial charge in [0.1, 0.15) is 5.84 Å². The van der Waals surface area contributed by atoms with Gasteiger partial charge in [-0.25, -0.2) is 0 Å². The van der Waals surface area contributed by atoms with Crippen LogP contribution in [0.3, 0.4) is 0 Å². The minimum Gasteiger partial charge on any atom is -0.386 e. The zero-order valence-corrected chi connectivity index (χ0v) is 13.5. The van der Waals surface area contributed by atoms with Crippen molar-refractivity contribution in [2.45, 2.75) is 19.4 Å². The smallest absolute Gasteiger partial charge is 0.282 e. The van der Waals surface area contributed by atoms with E-state index >= 15 is 0 Å². The predicted molar refractivity (Wildman–Crippen MR) is 80.5 cm³/mol. The molecule has 0 aromatic carbocycles. The van der Waals surface area contributed by atoms with Crippen LogP contribution in [0.15, 0.2) is 0 Å². The van der Waals surface area contributed by atoms with Crippen molar-refractivity contribution < 1.29 is 13.2 Å². The molecule has 2 fully saturated rings. The minimum atomic E-state index is -3.40. The van der Waals surface area contributed by atoms with Gasteiger partial charge in [-0.05, 0) is 13.8 Å². The maximum absolute atomic E-state index is 12.5. The van der Waals surface area contributed by atoms with Crippen molar-refractivity contribution in [3.05, 3.63) is 0 Å². The third-order valence-electron chi connectivity index (χ3n) is 4.31. The van der Waals surface area contributed by atoms with Crippen LogP contribution in [-0.2, 0) is 14.9 Å². The van der Waals surface area contributed by atoms with Gasteiger partial charge in [0.05, 0.1) is 18.8 Å². The molecule has 0 spiro atoms. The molecule has 21 heavy (non-hydrogen) atoms. The van der Waals surface area contributed by atoms with E-state index in [4.69, 9.17) is 15.9 Å². The summed E-state index contributed by atoms with van der Waals surface area (Å²) in [5, 5.41) is 7.65. The Hall–Kier alpha value is -0.740. The highest BCUT2D eigenvalue weighted by atomic mass is 32.2. The number of ether oxygens (including phenoxy) is 1. The molecule has 0 saturated carbocycles. The molecule has 0 atom stereocenters. The van der Waals surface area contributed by atoms with Gasteiger partial charge in [0.25, 0.3) is 10.2 Å². The van der Waals surface area contributed by atoms with Crippen LogP contribution in [0.2, 0.25) is 0 Å².